The maximum absolute atomic E-state index is 12.8. The van der Waals surface area contributed by atoms with Crippen LogP contribution in [0, 0.1) is 0 Å². The zero-order valence-electron chi connectivity index (χ0n) is 17.0. The van der Waals surface area contributed by atoms with Crippen LogP contribution in [0.5, 0.6) is 5.75 Å². The molecule has 150 valence electrons. The van der Waals surface area contributed by atoms with E-state index in [1.54, 1.807) is 6.07 Å². The van der Waals surface area contributed by atoms with Gasteiger partial charge in [-0.2, -0.15) is 0 Å². The van der Waals surface area contributed by atoms with E-state index >= 15 is 0 Å². The monoisotopic (exact) mass is 395 g/mol. The zero-order chi connectivity index (χ0) is 20.3. The summed E-state index contributed by atoms with van der Waals surface area (Å²) >= 11 is 0. The van der Waals surface area contributed by atoms with Gasteiger partial charge in [-0.3, -0.25) is 4.79 Å². The van der Waals surface area contributed by atoms with Crippen LogP contribution in [0.4, 0.5) is 0 Å². The second kappa shape index (κ2) is 8.19. The first-order valence-corrected chi connectivity index (χ1v) is 10.7. The zero-order valence-corrected chi connectivity index (χ0v) is 17.0. The van der Waals surface area contributed by atoms with Crippen molar-refractivity contribution in [2.45, 2.75) is 32.2 Å². The molecule has 0 spiro atoms. The van der Waals surface area contributed by atoms with Crippen molar-refractivity contribution in [3.05, 3.63) is 111 Å². The van der Waals surface area contributed by atoms with Gasteiger partial charge >= 0.3 is 0 Å². The van der Waals surface area contributed by atoms with Crippen molar-refractivity contribution in [1.82, 2.24) is 4.57 Å². The maximum Gasteiger partial charge on any atom is 0.251 e. The van der Waals surface area contributed by atoms with E-state index in [2.05, 4.69) is 54.6 Å². The number of benzene rings is 3. The lowest BCUT2D eigenvalue weighted by molar-refractivity contribution is 0.295. The Labute approximate surface area is 176 Å². The van der Waals surface area contributed by atoms with Crippen molar-refractivity contribution in [2.75, 3.05) is 6.61 Å². The molecule has 0 radical (unpaired) electrons. The molecule has 4 aromatic rings. The number of aromatic nitrogens is 1. The largest absolute Gasteiger partial charge is 0.491 e. The van der Waals surface area contributed by atoms with E-state index in [1.807, 2.05) is 22.8 Å². The highest BCUT2D eigenvalue weighted by atomic mass is 16.5. The quantitative estimate of drug-likeness (QED) is 0.466. The highest BCUT2D eigenvalue weighted by Crippen LogP contribution is 2.35. The second-order valence-corrected chi connectivity index (χ2v) is 7.99. The van der Waals surface area contributed by atoms with Crippen LogP contribution in [-0.2, 0) is 19.4 Å². The van der Waals surface area contributed by atoms with Crippen LogP contribution in [0.2, 0.25) is 0 Å². The fraction of sp³-hybridized carbons (Fsp3) is 0.222. The van der Waals surface area contributed by atoms with Crippen molar-refractivity contribution in [1.29, 1.82) is 0 Å². The van der Waals surface area contributed by atoms with E-state index in [1.165, 1.54) is 16.7 Å². The molecule has 0 amide bonds. The number of rotatable bonds is 4. The number of ether oxygens (including phenoxy) is 1. The fourth-order valence-electron chi connectivity index (χ4n) is 4.43. The minimum atomic E-state index is 0.0526. The number of hydrogen-bond acceptors (Lipinski definition) is 2. The molecule has 0 atom stereocenters. The third-order valence-electron chi connectivity index (χ3n) is 5.88. The Balaban J connectivity index is 1.75. The van der Waals surface area contributed by atoms with E-state index in [0.717, 1.165) is 54.4 Å². The Kier molecular flexibility index (Phi) is 5.10. The van der Waals surface area contributed by atoms with Crippen molar-refractivity contribution in [3.63, 3.8) is 0 Å². The van der Waals surface area contributed by atoms with Crippen LogP contribution in [0.3, 0.4) is 0 Å². The molecular formula is C27H25NO2. The first-order valence-electron chi connectivity index (χ1n) is 10.7. The summed E-state index contributed by atoms with van der Waals surface area (Å²) in [5, 5.41) is 1.12. The van der Waals surface area contributed by atoms with Crippen LogP contribution in [0.1, 0.15) is 35.1 Å². The van der Waals surface area contributed by atoms with Gasteiger partial charge in [-0.05, 0) is 42.0 Å². The second-order valence-electron chi connectivity index (χ2n) is 7.99. The average molecular weight is 396 g/mol. The van der Waals surface area contributed by atoms with Gasteiger partial charge in [0.05, 0.1) is 12.1 Å². The van der Waals surface area contributed by atoms with E-state index in [9.17, 15) is 4.79 Å². The minimum absolute atomic E-state index is 0.0526. The van der Waals surface area contributed by atoms with Crippen molar-refractivity contribution < 1.29 is 4.74 Å². The van der Waals surface area contributed by atoms with Gasteiger partial charge in [-0.1, -0.05) is 66.7 Å². The molecule has 3 aromatic carbocycles. The van der Waals surface area contributed by atoms with Gasteiger partial charge in [-0.15, -0.1) is 0 Å². The number of aryl methyl sites for hydroxylation is 1. The number of nitrogens with zero attached hydrogens (tertiary/aromatic N) is 1. The van der Waals surface area contributed by atoms with Crippen LogP contribution >= 0.6 is 0 Å². The lowest BCUT2D eigenvalue weighted by atomic mass is 9.94. The lowest BCUT2D eigenvalue weighted by Crippen LogP contribution is -2.23. The van der Waals surface area contributed by atoms with Crippen LogP contribution in [-0.4, -0.2) is 11.2 Å². The summed E-state index contributed by atoms with van der Waals surface area (Å²) < 4.78 is 8.23. The van der Waals surface area contributed by atoms with E-state index < -0.39 is 0 Å². The molecule has 1 aliphatic rings. The van der Waals surface area contributed by atoms with E-state index in [0.29, 0.717) is 6.61 Å². The third-order valence-corrected chi connectivity index (χ3v) is 5.88. The molecule has 30 heavy (non-hydrogen) atoms. The predicted molar refractivity (Wildman–Crippen MR) is 121 cm³/mol. The van der Waals surface area contributed by atoms with Gasteiger partial charge in [-0.25, -0.2) is 0 Å². The van der Waals surface area contributed by atoms with Crippen LogP contribution < -0.4 is 10.3 Å². The molecule has 1 aromatic heterocycles. The highest BCUT2D eigenvalue weighted by Gasteiger charge is 2.19. The first kappa shape index (κ1) is 18.7. The summed E-state index contributed by atoms with van der Waals surface area (Å²) in [7, 11) is 0. The normalized spacial score (nSPS) is 13.5. The van der Waals surface area contributed by atoms with Crippen molar-refractivity contribution in [2.24, 2.45) is 0 Å². The van der Waals surface area contributed by atoms with Gasteiger partial charge in [0.2, 0.25) is 0 Å². The average Bonchev–Trinajstić information content (AvgIpc) is 2.75. The Morgan fingerprint density at radius 1 is 0.767 bits per heavy atom. The fourth-order valence-corrected chi connectivity index (χ4v) is 4.43. The molecule has 3 nitrogen and oxygen atoms in total. The van der Waals surface area contributed by atoms with Gasteiger partial charge in [0.25, 0.3) is 5.56 Å². The summed E-state index contributed by atoms with van der Waals surface area (Å²) in [6.07, 6.45) is 3.53. The minimum Gasteiger partial charge on any atom is -0.491 e. The SMILES string of the molecule is O=c1ccc2c(Cc3ccccc3)cc(Cc3ccccc3)c3c2n1CCCCO3. The summed E-state index contributed by atoms with van der Waals surface area (Å²) in [4.78, 5) is 12.8. The Hall–Kier alpha value is -3.33. The molecule has 0 saturated heterocycles. The van der Waals surface area contributed by atoms with E-state index in [4.69, 9.17) is 4.74 Å². The summed E-state index contributed by atoms with van der Waals surface area (Å²) in [5.74, 6) is 0.878. The van der Waals surface area contributed by atoms with Gasteiger partial charge in [0.15, 0.2) is 0 Å². The molecular weight excluding hydrogens is 370 g/mol. The Bertz CT molecular complexity index is 1230. The predicted octanol–water partition coefficient (Wildman–Crippen LogP) is 5.36. The summed E-state index contributed by atoms with van der Waals surface area (Å²) in [5.41, 5.74) is 5.92. The van der Waals surface area contributed by atoms with Crippen molar-refractivity contribution in [3.8, 4) is 5.75 Å². The van der Waals surface area contributed by atoms with Gasteiger partial charge < -0.3 is 9.30 Å². The molecule has 1 aliphatic heterocycles. The van der Waals surface area contributed by atoms with Gasteiger partial charge in [0, 0.05) is 30.0 Å². The smallest absolute Gasteiger partial charge is 0.251 e. The van der Waals surface area contributed by atoms with Crippen molar-refractivity contribution >= 4 is 10.9 Å². The lowest BCUT2D eigenvalue weighted by Gasteiger charge is -2.23. The third kappa shape index (κ3) is 3.63. The Morgan fingerprint density at radius 3 is 2.13 bits per heavy atom. The van der Waals surface area contributed by atoms with E-state index in [-0.39, 0.29) is 5.56 Å². The topological polar surface area (TPSA) is 31.2 Å². The summed E-state index contributed by atoms with van der Waals surface area (Å²) in [6, 6.07) is 27.0. The summed E-state index contributed by atoms with van der Waals surface area (Å²) in [6.45, 7) is 1.43. The molecule has 0 fully saturated rings. The maximum atomic E-state index is 12.8. The molecule has 0 N–H and O–H groups in total. The molecule has 0 saturated carbocycles. The molecule has 0 unspecified atom stereocenters. The van der Waals surface area contributed by atoms with Crippen LogP contribution in [0.15, 0.2) is 83.7 Å². The molecule has 2 heterocycles. The molecule has 0 bridgehead atoms. The highest BCUT2D eigenvalue weighted by molar-refractivity contribution is 5.90. The first-order chi connectivity index (χ1) is 14.8. The Morgan fingerprint density at radius 2 is 1.43 bits per heavy atom. The number of hydrogen-bond donors (Lipinski definition) is 0. The molecule has 0 aliphatic carbocycles. The van der Waals surface area contributed by atoms with Gasteiger partial charge in [0.1, 0.15) is 5.75 Å². The van der Waals surface area contributed by atoms with Crippen LogP contribution in [0.25, 0.3) is 10.9 Å². The number of pyridine rings is 1. The standard InChI is InChI=1S/C27H25NO2/c29-25-14-13-24-22(17-20-9-3-1-4-10-20)19-23(18-21-11-5-2-6-12-21)27-26(24)28(25)15-7-8-16-30-27/h1-6,9-14,19H,7-8,15-18H2. The molecule has 5 rings (SSSR count). The molecule has 3 heteroatoms.